The van der Waals surface area contributed by atoms with Gasteiger partial charge in [-0.3, -0.25) is 9.59 Å². The van der Waals surface area contributed by atoms with Gasteiger partial charge in [-0.2, -0.15) is 0 Å². The van der Waals surface area contributed by atoms with Gasteiger partial charge in [0.2, 0.25) is 0 Å². The minimum Gasteiger partial charge on any atom is -0.484 e. The maximum Gasteiger partial charge on any atom is 0.310 e. The van der Waals surface area contributed by atoms with Crippen LogP contribution in [-0.2, 0) is 9.59 Å². The van der Waals surface area contributed by atoms with Crippen LogP contribution < -0.4 is 14.8 Å². The first-order valence-electron chi connectivity index (χ1n) is 9.97. The van der Waals surface area contributed by atoms with E-state index in [0.717, 1.165) is 0 Å². The standard InChI is InChI=1S/C23H27NO4/c1-2-23(26)28-21-14-10-19(11-15-21)24-22(25)16-27-20-12-8-18(9-13-20)17-6-4-3-5-7-17/h8-15,17H,2-7,16H2,1H3,(H,24,25). The van der Waals surface area contributed by atoms with E-state index in [9.17, 15) is 9.59 Å². The Morgan fingerprint density at radius 3 is 2.21 bits per heavy atom. The third-order valence-corrected chi connectivity index (χ3v) is 4.99. The summed E-state index contributed by atoms with van der Waals surface area (Å²) < 4.78 is 10.7. The van der Waals surface area contributed by atoms with Crippen molar-refractivity contribution in [3.8, 4) is 11.5 Å². The zero-order chi connectivity index (χ0) is 19.8. The lowest BCUT2D eigenvalue weighted by atomic mass is 9.84. The quantitative estimate of drug-likeness (QED) is 0.537. The van der Waals surface area contributed by atoms with Crippen LogP contribution >= 0.6 is 0 Å². The summed E-state index contributed by atoms with van der Waals surface area (Å²) >= 11 is 0. The van der Waals surface area contributed by atoms with Crippen molar-refractivity contribution in [2.75, 3.05) is 11.9 Å². The van der Waals surface area contributed by atoms with Crippen molar-refractivity contribution in [3.63, 3.8) is 0 Å². The third-order valence-electron chi connectivity index (χ3n) is 4.99. The van der Waals surface area contributed by atoms with Crippen LogP contribution in [0.2, 0.25) is 0 Å². The molecular weight excluding hydrogens is 354 g/mol. The van der Waals surface area contributed by atoms with Crippen molar-refractivity contribution in [2.24, 2.45) is 0 Å². The fourth-order valence-corrected chi connectivity index (χ4v) is 3.43. The predicted molar refractivity (Wildman–Crippen MR) is 109 cm³/mol. The van der Waals surface area contributed by atoms with Gasteiger partial charge >= 0.3 is 5.97 Å². The lowest BCUT2D eigenvalue weighted by Crippen LogP contribution is -2.20. The van der Waals surface area contributed by atoms with Crippen LogP contribution in [0, 0.1) is 0 Å². The van der Waals surface area contributed by atoms with Gasteiger partial charge in [-0.25, -0.2) is 0 Å². The van der Waals surface area contributed by atoms with Crippen molar-refractivity contribution in [1.29, 1.82) is 0 Å². The molecule has 1 fully saturated rings. The van der Waals surface area contributed by atoms with Crippen LogP contribution in [0.4, 0.5) is 5.69 Å². The van der Waals surface area contributed by atoms with Crippen LogP contribution in [0.3, 0.4) is 0 Å². The van der Waals surface area contributed by atoms with Crippen molar-refractivity contribution in [2.45, 2.75) is 51.4 Å². The maximum atomic E-state index is 12.1. The van der Waals surface area contributed by atoms with Crippen LogP contribution in [0.1, 0.15) is 56.9 Å². The minimum absolute atomic E-state index is 0.0602. The molecule has 3 rings (SSSR count). The summed E-state index contributed by atoms with van der Waals surface area (Å²) in [6, 6.07) is 14.8. The highest BCUT2D eigenvalue weighted by Gasteiger charge is 2.15. The summed E-state index contributed by atoms with van der Waals surface area (Å²) in [5.41, 5.74) is 1.98. The monoisotopic (exact) mass is 381 g/mol. The third kappa shape index (κ3) is 5.84. The molecule has 28 heavy (non-hydrogen) atoms. The van der Waals surface area contributed by atoms with E-state index < -0.39 is 0 Å². The molecule has 1 N–H and O–H groups in total. The molecule has 0 radical (unpaired) electrons. The molecule has 2 aromatic carbocycles. The second-order valence-electron chi connectivity index (χ2n) is 7.09. The van der Waals surface area contributed by atoms with E-state index in [2.05, 4.69) is 17.4 Å². The van der Waals surface area contributed by atoms with Gasteiger partial charge in [0, 0.05) is 12.1 Å². The molecule has 2 aromatic rings. The molecule has 0 atom stereocenters. The van der Waals surface area contributed by atoms with E-state index in [-0.39, 0.29) is 18.5 Å². The topological polar surface area (TPSA) is 64.6 Å². The number of carbonyl (C=O) groups excluding carboxylic acids is 2. The summed E-state index contributed by atoms with van der Waals surface area (Å²) in [5, 5.41) is 2.77. The SMILES string of the molecule is CCC(=O)Oc1ccc(NC(=O)COc2ccc(C3CCCCC3)cc2)cc1. The first kappa shape index (κ1) is 19.9. The number of amides is 1. The van der Waals surface area contributed by atoms with E-state index in [1.807, 2.05) is 12.1 Å². The van der Waals surface area contributed by atoms with E-state index in [1.54, 1.807) is 31.2 Å². The normalized spacial score (nSPS) is 14.3. The highest BCUT2D eigenvalue weighted by molar-refractivity contribution is 5.91. The van der Waals surface area contributed by atoms with Gasteiger partial charge < -0.3 is 14.8 Å². The number of nitrogens with one attached hydrogen (secondary N) is 1. The Balaban J connectivity index is 1.45. The lowest BCUT2D eigenvalue weighted by molar-refractivity contribution is -0.134. The van der Waals surface area contributed by atoms with Crippen molar-refractivity contribution < 1.29 is 19.1 Å². The number of esters is 1. The Bertz CT molecular complexity index is 777. The molecule has 5 nitrogen and oxygen atoms in total. The average molecular weight is 381 g/mol. The van der Waals surface area contributed by atoms with Gasteiger partial charge in [0.05, 0.1) is 0 Å². The number of hydrogen-bond donors (Lipinski definition) is 1. The Labute approximate surface area is 166 Å². The highest BCUT2D eigenvalue weighted by Crippen LogP contribution is 2.33. The molecule has 148 valence electrons. The van der Waals surface area contributed by atoms with Crippen LogP contribution in [0.15, 0.2) is 48.5 Å². The molecule has 5 heteroatoms. The average Bonchev–Trinajstić information content (AvgIpc) is 2.74. The van der Waals surface area contributed by atoms with Gasteiger partial charge in [-0.1, -0.05) is 38.3 Å². The number of hydrogen-bond acceptors (Lipinski definition) is 4. The van der Waals surface area contributed by atoms with Gasteiger partial charge in [0.1, 0.15) is 11.5 Å². The number of ether oxygens (including phenoxy) is 2. The Kier molecular flexibility index (Phi) is 7.06. The van der Waals surface area contributed by atoms with E-state index in [0.29, 0.717) is 29.5 Å². The van der Waals surface area contributed by atoms with Gasteiger partial charge in [0.25, 0.3) is 5.91 Å². The first-order valence-corrected chi connectivity index (χ1v) is 9.97. The number of carbonyl (C=O) groups is 2. The Morgan fingerprint density at radius 2 is 1.57 bits per heavy atom. The molecule has 0 aliphatic heterocycles. The second kappa shape index (κ2) is 9.93. The van der Waals surface area contributed by atoms with Gasteiger partial charge in [-0.05, 0) is 60.7 Å². The Hall–Kier alpha value is -2.82. The molecule has 0 heterocycles. The van der Waals surface area contributed by atoms with Gasteiger partial charge in [0.15, 0.2) is 6.61 Å². The Morgan fingerprint density at radius 1 is 0.929 bits per heavy atom. The minimum atomic E-state index is -0.292. The molecule has 0 spiro atoms. The van der Waals surface area contributed by atoms with Crippen molar-refractivity contribution in [1.82, 2.24) is 0 Å². The zero-order valence-electron chi connectivity index (χ0n) is 16.3. The largest absolute Gasteiger partial charge is 0.484 e. The van der Waals surface area contributed by atoms with Crippen LogP contribution in [-0.4, -0.2) is 18.5 Å². The molecule has 0 saturated heterocycles. The molecule has 0 bridgehead atoms. The smallest absolute Gasteiger partial charge is 0.310 e. The molecule has 1 amide bonds. The summed E-state index contributed by atoms with van der Waals surface area (Å²) in [6.07, 6.45) is 6.81. The number of anilines is 1. The molecule has 1 aliphatic carbocycles. The van der Waals surface area contributed by atoms with Gasteiger partial charge in [-0.15, -0.1) is 0 Å². The van der Waals surface area contributed by atoms with E-state index in [4.69, 9.17) is 9.47 Å². The maximum absolute atomic E-state index is 12.1. The fraction of sp³-hybridized carbons (Fsp3) is 0.391. The first-order chi connectivity index (χ1) is 13.6. The summed E-state index contributed by atoms with van der Waals surface area (Å²) in [4.78, 5) is 23.4. The predicted octanol–water partition coefficient (Wildman–Crippen LogP) is 5.07. The number of rotatable bonds is 7. The second-order valence-corrected chi connectivity index (χ2v) is 7.09. The van der Waals surface area contributed by atoms with Crippen LogP contribution in [0.5, 0.6) is 11.5 Å². The fourth-order valence-electron chi connectivity index (χ4n) is 3.43. The van der Waals surface area contributed by atoms with Crippen molar-refractivity contribution >= 4 is 17.6 Å². The zero-order valence-corrected chi connectivity index (χ0v) is 16.3. The lowest BCUT2D eigenvalue weighted by Gasteiger charge is -2.22. The molecule has 0 unspecified atom stereocenters. The summed E-state index contributed by atoms with van der Waals surface area (Å²) in [7, 11) is 0. The summed E-state index contributed by atoms with van der Waals surface area (Å²) in [5.74, 6) is 1.27. The van der Waals surface area contributed by atoms with E-state index >= 15 is 0 Å². The molecule has 0 aromatic heterocycles. The molecule has 1 saturated carbocycles. The summed E-state index contributed by atoms with van der Waals surface area (Å²) in [6.45, 7) is 1.68. The number of benzene rings is 2. The van der Waals surface area contributed by atoms with Crippen LogP contribution in [0.25, 0.3) is 0 Å². The molecular formula is C23H27NO4. The van der Waals surface area contributed by atoms with E-state index in [1.165, 1.54) is 37.7 Å². The highest BCUT2D eigenvalue weighted by atomic mass is 16.5. The molecule has 1 aliphatic rings. The van der Waals surface area contributed by atoms with Crippen molar-refractivity contribution in [3.05, 3.63) is 54.1 Å².